The molecule has 1 atom stereocenters. The Morgan fingerprint density at radius 3 is 2.55 bits per heavy atom. The van der Waals surface area contributed by atoms with Gasteiger partial charge in [-0.2, -0.15) is 0 Å². The summed E-state index contributed by atoms with van der Waals surface area (Å²) in [5.74, 6) is 0.767. The number of hydrogen-bond donors (Lipinski definition) is 2. The number of carbonyl (C=O) groups excluding carboxylic acids is 1. The Balaban J connectivity index is 1.36. The highest BCUT2D eigenvalue weighted by atomic mass is 16.2. The normalized spacial score (nSPS) is 16.4. The molecule has 2 heterocycles. The molecule has 0 spiro atoms. The zero-order valence-electron chi connectivity index (χ0n) is 19.8. The maximum absolute atomic E-state index is 12.8. The van der Waals surface area contributed by atoms with E-state index in [1.165, 1.54) is 11.1 Å². The molecule has 2 amide bonds. The number of aromatic nitrogens is 1. The molecule has 174 valence electrons. The number of benzene rings is 2. The summed E-state index contributed by atoms with van der Waals surface area (Å²) in [4.78, 5) is 28.0. The average Bonchev–Trinajstić information content (AvgIpc) is 3.24. The van der Waals surface area contributed by atoms with Crippen molar-refractivity contribution in [2.24, 2.45) is 11.8 Å². The van der Waals surface area contributed by atoms with Crippen molar-refractivity contribution in [2.75, 3.05) is 25.0 Å². The van der Waals surface area contributed by atoms with E-state index in [0.717, 1.165) is 31.4 Å². The summed E-state index contributed by atoms with van der Waals surface area (Å²) in [6, 6.07) is 15.9. The van der Waals surface area contributed by atoms with Crippen molar-refractivity contribution in [3.8, 4) is 0 Å². The third-order valence-corrected chi connectivity index (χ3v) is 6.25. The van der Waals surface area contributed by atoms with Gasteiger partial charge in [-0.15, -0.1) is 0 Å². The molecule has 33 heavy (non-hydrogen) atoms. The van der Waals surface area contributed by atoms with Gasteiger partial charge in [0, 0.05) is 43.1 Å². The Morgan fingerprint density at radius 2 is 1.82 bits per heavy atom. The van der Waals surface area contributed by atoms with Crippen LogP contribution in [-0.2, 0) is 13.1 Å². The standard InChI is InChI=1S/C27H34N4O2/c1-19(2)15-31-18-25(23-6-4-5-7-24(23)26(31)32)29-27(33)28-14-22-12-13-30(17-22)16-21-10-8-20(3)9-11-21/h4-11,18-19,22H,12-17H2,1-3H3,(H2,28,29,33)/t22-/m0/s1. The molecule has 3 aromatic rings. The minimum Gasteiger partial charge on any atom is -0.338 e. The van der Waals surface area contributed by atoms with Gasteiger partial charge in [0.15, 0.2) is 0 Å². The zero-order valence-corrected chi connectivity index (χ0v) is 19.8. The predicted octanol–water partition coefficient (Wildman–Crippen LogP) is 4.61. The lowest BCUT2D eigenvalue weighted by Gasteiger charge is -2.17. The molecule has 0 unspecified atom stereocenters. The smallest absolute Gasteiger partial charge is 0.319 e. The number of nitrogens with one attached hydrogen (secondary N) is 2. The van der Waals surface area contributed by atoms with Crippen molar-refractivity contribution in [3.05, 3.63) is 76.2 Å². The maximum Gasteiger partial charge on any atom is 0.319 e. The summed E-state index contributed by atoms with van der Waals surface area (Å²) in [5, 5.41) is 7.41. The van der Waals surface area contributed by atoms with Crippen LogP contribution in [0.15, 0.2) is 59.5 Å². The molecule has 6 heteroatoms. The number of urea groups is 1. The van der Waals surface area contributed by atoms with Crippen molar-refractivity contribution < 1.29 is 4.79 Å². The Morgan fingerprint density at radius 1 is 1.09 bits per heavy atom. The van der Waals surface area contributed by atoms with Crippen LogP contribution >= 0.6 is 0 Å². The van der Waals surface area contributed by atoms with Crippen molar-refractivity contribution in [1.29, 1.82) is 0 Å². The molecule has 6 nitrogen and oxygen atoms in total. The van der Waals surface area contributed by atoms with Crippen molar-refractivity contribution in [1.82, 2.24) is 14.8 Å². The van der Waals surface area contributed by atoms with E-state index in [2.05, 4.69) is 60.6 Å². The monoisotopic (exact) mass is 446 g/mol. The highest BCUT2D eigenvalue weighted by molar-refractivity contribution is 6.00. The second-order valence-corrected chi connectivity index (χ2v) is 9.65. The molecular formula is C27H34N4O2. The van der Waals surface area contributed by atoms with Crippen LogP contribution in [-0.4, -0.2) is 35.1 Å². The largest absolute Gasteiger partial charge is 0.338 e. The fourth-order valence-corrected chi connectivity index (χ4v) is 4.55. The molecule has 1 aliphatic rings. The molecule has 0 radical (unpaired) electrons. The van der Waals surface area contributed by atoms with E-state index >= 15 is 0 Å². The van der Waals surface area contributed by atoms with Crippen LogP contribution in [0.4, 0.5) is 10.5 Å². The van der Waals surface area contributed by atoms with Gasteiger partial charge in [0.05, 0.1) is 5.69 Å². The van der Waals surface area contributed by atoms with E-state index in [0.29, 0.717) is 36.0 Å². The molecule has 1 saturated heterocycles. The van der Waals surface area contributed by atoms with Crippen LogP contribution in [0.25, 0.3) is 10.8 Å². The van der Waals surface area contributed by atoms with E-state index in [1.807, 2.05) is 24.3 Å². The summed E-state index contributed by atoms with van der Waals surface area (Å²) in [6.45, 7) is 10.5. The fraction of sp³-hybridized carbons (Fsp3) is 0.407. The van der Waals surface area contributed by atoms with Crippen molar-refractivity contribution in [3.63, 3.8) is 0 Å². The molecule has 0 bridgehead atoms. The number of fused-ring (bicyclic) bond motifs is 1. The lowest BCUT2D eigenvalue weighted by Crippen LogP contribution is -2.34. The molecule has 1 fully saturated rings. The topological polar surface area (TPSA) is 66.4 Å². The highest BCUT2D eigenvalue weighted by Gasteiger charge is 2.23. The molecule has 1 aromatic heterocycles. The van der Waals surface area contributed by atoms with E-state index < -0.39 is 0 Å². The Hall–Kier alpha value is -3.12. The van der Waals surface area contributed by atoms with Gasteiger partial charge >= 0.3 is 6.03 Å². The fourth-order valence-electron chi connectivity index (χ4n) is 4.55. The van der Waals surface area contributed by atoms with Crippen LogP contribution in [0.3, 0.4) is 0 Å². The van der Waals surface area contributed by atoms with Gasteiger partial charge in [0.2, 0.25) is 0 Å². The number of likely N-dealkylation sites (tertiary alicyclic amines) is 1. The van der Waals surface area contributed by atoms with Crippen molar-refractivity contribution >= 4 is 22.5 Å². The summed E-state index contributed by atoms with van der Waals surface area (Å²) in [6.07, 6.45) is 2.84. The molecule has 1 aliphatic heterocycles. The number of amides is 2. The lowest BCUT2D eigenvalue weighted by molar-refractivity contribution is 0.249. The third kappa shape index (κ3) is 5.82. The summed E-state index contributed by atoms with van der Waals surface area (Å²) < 4.78 is 1.70. The lowest BCUT2D eigenvalue weighted by atomic mass is 10.1. The maximum atomic E-state index is 12.8. The number of nitrogens with zero attached hydrogens (tertiary/aromatic N) is 2. The van der Waals surface area contributed by atoms with Gasteiger partial charge in [-0.1, -0.05) is 61.9 Å². The second-order valence-electron chi connectivity index (χ2n) is 9.65. The van der Waals surface area contributed by atoms with Crippen molar-refractivity contribution in [2.45, 2.75) is 40.3 Å². The van der Waals surface area contributed by atoms with E-state index in [1.54, 1.807) is 10.8 Å². The average molecular weight is 447 g/mol. The number of rotatable bonds is 7. The molecule has 2 N–H and O–H groups in total. The molecule has 2 aromatic carbocycles. The number of aryl methyl sites for hydroxylation is 1. The van der Waals surface area contributed by atoms with Crippen LogP contribution in [0.1, 0.15) is 31.4 Å². The molecule has 0 saturated carbocycles. The number of hydrogen-bond acceptors (Lipinski definition) is 3. The summed E-state index contributed by atoms with van der Waals surface area (Å²) in [7, 11) is 0. The molecule has 0 aliphatic carbocycles. The van der Waals surface area contributed by atoms with E-state index in [-0.39, 0.29) is 11.6 Å². The summed E-state index contributed by atoms with van der Waals surface area (Å²) in [5.41, 5.74) is 3.25. The minimum absolute atomic E-state index is 0.0233. The third-order valence-electron chi connectivity index (χ3n) is 6.25. The van der Waals surface area contributed by atoms with E-state index in [4.69, 9.17) is 0 Å². The first-order chi connectivity index (χ1) is 15.9. The van der Waals surface area contributed by atoms with Gasteiger partial charge in [-0.3, -0.25) is 9.69 Å². The van der Waals surface area contributed by atoms with Gasteiger partial charge in [0.25, 0.3) is 5.56 Å². The summed E-state index contributed by atoms with van der Waals surface area (Å²) >= 11 is 0. The first kappa shape index (κ1) is 23.1. The van der Waals surface area contributed by atoms with Gasteiger partial charge in [-0.25, -0.2) is 4.79 Å². The molecular weight excluding hydrogens is 412 g/mol. The molecule has 4 rings (SSSR count). The van der Waals surface area contributed by atoms with E-state index in [9.17, 15) is 9.59 Å². The number of pyridine rings is 1. The predicted molar refractivity (Wildman–Crippen MR) is 135 cm³/mol. The van der Waals surface area contributed by atoms with Crippen LogP contribution in [0, 0.1) is 18.8 Å². The van der Waals surface area contributed by atoms with Crippen LogP contribution in [0.2, 0.25) is 0 Å². The van der Waals surface area contributed by atoms with Gasteiger partial charge in [0.1, 0.15) is 0 Å². The van der Waals surface area contributed by atoms with Gasteiger partial charge in [-0.05, 0) is 43.4 Å². The number of anilines is 1. The first-order valence-corrected chi connectivity index (χ1v) is 11.8. The zero-order chi connectivity index (χ0) is 23.4. The highest BCUT2D eigenvalue weighted by Crippen LogP contribution is 2.21. The first-order valence-electron chi connectivity index (χ1n) is 11.8. The minimum atomic E-state index is -0.230. The quantitative estimate of drug-likeness (QED) is 0.557. The Bertz CT molecular complexity index is 1170. The Labute approximate surface area is 195 Å². The Kier molecular flexibility index (Phi) is 7.14. The number of carbonyl (C=O) groups is 1. The van der Waals surface area contributed by atoms with Crippen LogP contribution < -0.4 is 16.2 Å². The second kappa shape index (κ2) is 10.2. The van der Waals surface area contributed by atoms with Gasteiger partial charge < -0.3 is 15.2 Å². The SMILES string of the molecule is Cc1ccc(CN2CC[C@@H](CNC(=O)Nc3cn(CC(C)C)c(=O)c4ccccc34)C2)cc1. The van der Waals surface area contributed by atoms with Crippen LogP contribution in [0.5, 0.6) is 0 Å².